The van der Waals surface area contributed by atoms with Crippen molar-refractivity contribution in [3.05, 3.63) is 67.7 Å². The molecule has 0 bridgehead atoms. The number of hydrogen-bond acceptors (Lipinski definition) is 4. The summed E-state index contributed by atoms with van der Waals surface area (Å²) in [5, 5.41) is 0. The molecule has 0 radical (unpaired) electrons. The highest BCUT2D eigenvalue weighted by atomic mass is 32.1. The van der Waals surface area contributed by atoms with Gasteiger partial charge in [0.15, 0.2) is 4.96 Å². The third-order valence-corrected chi connectivity index (χ3v) is 6.56. The van der Waals surface area contributed by atoms with E-state index in [-0.39, 0.29) is 11.4 Å². The number of benzene rings is 2. The number of imidazole rings is 1. The molecule has 1 aliphatic rings. The minimum Gasteiger partial charge on any atom is -0.371 e. The van der Waals surface area contributed by atoms with E-state index in [2.05, 4.69) is 9.88 Å². The van der Waals surface area contributed by atoms with Crippen LogP contribution in [-0.4, -0.2) is 22.5 Å². The third kappa shape index (κ3) is 2.71. The summed E-state index contributed by atoms with van der Waals surface area (Å²) in [7, 11) is 0. The SMILES string of the molecule is Cc1cc2nc3s/c(=C\c4ccc(N5CCCC5)cc4F)c(=O)n3c2cc1C. The van der Waals surface area contributed by atoms with Crippen LogP contribution in [0.4, 0.5) is 10.1 Å². The Hall–Kier alpha value is -2.73. The highest BCUT2D eigenvalue weighted by molar-refractivity contribution is 7.15. The quantitative estimate of drug-likeness (QED) is 0.520. The lowest BCUT2D eigenvalue weighted by Crippen LogP contribution is -2.23. The smallest absolute Gasteiger partial charge is 0.274 e. The fourth-order valence-corrected chi connectivity index (χ4v) is 4.84. The number of nitrogens with zero attached hydrogens (tertiary/aromatic N) is 3. The topological polar surface area (TPSA) is 37.6 Å². The van der Waals surface area contributed by atoms with Gasteiger partial charge in [0.25, 0.3) is 5.56 Å². The highest BCUT2D eigenvalue weighted by Gasteiger charge is 2.15. The molecule has 1 aliphatic heterocycles. The van der Waals surface area contributed by atoms with Crippen LogP contribution in [-0.2, 0) is 0 Å². The minimum atomic E-state index is -0.300. The number of aromatic nitrogens is 2. The van der Waals surface area contributed by atoms with E-state index in [1.165, 1.54) is 11.3 Å². The molecule has 28 heavy (non-hydrogen) atoms. The summed E-state index contributed by atoms with van der Waals surface area (Å²) in [6, 6.07) is 9.27. The lowest BCUT2D eigenvalue weighted by atomic mass is 10.1. The van der Waals surface area contributed by atoms with E-state index in [1.54, 1.807) is 22.6 Å². The molecule has 1 saturated heterocycles. The average Bonchev–Trinajstić information content (AvgIpc) is 3.36. The summed E-state index contributed by atoms with van der Waals surface area (Å²) in [6.07, 6.45) is 3.94. The molecule has 0 amide bonds. The van der Waals surface area contributed by atoms with Gasteiger partial charge in [-0.05, 0) is 74.2 Å². The van der Waals surface area contributed by atoms with Crippen LogP contribution >= 0.6 is 11.3 Å². The zero-order valence-electron chi connectivity index (χ0n) is 15.8. The Morgan fingerprint density at radius 2 is 1.86 bits per heavy atom. The van der Waals surface area contributed by atoms with E-state index in [0.29, 0.717) is 15.1 Å². The first-order chi connectivity index (χ1) is 13.5. The zero-order valence-corrected chi connectivity index (χ0v) is 16.6. The molecular formula is C22H20FN3OS. The van der Waals surface area contributed by atoms with Gasteiger partial charge in [-0.1, -0.05) is 11.3 Å². The molecule has 0 unspecified atom stereocenters. The standard InChI is InChI=1S/C22H20FN3OS/c1-13-9-18-19(10-14(13)2)26-21(27)20(28-22(26)24-18)11-15-5-6-16(12-17(15)23)25-7-3-4-8-25/h5-6,9-12H,3-4,7-8H2,1-2H3/b20-11-. The molecule has 5 rings (SSSR count). The van der Waals surface area contributed by atoms with Crippen molar-refractivity contribution in [1.82, 2.24) is 9.38 Å². The van der Waals surface area contributed by atoms with E-state index in [9.17, 15) is 9.18 Å². The van der Waals surface area contributed by atoms with E-state index in [0.717, 1.165) is 53.8 Å². The van der Waals surface area contributed by atoms with Crippen LogP contribution < -0.4 is 15.0 Å². The van der Waals surface area contributed by atoms with Crippen LogP contribution in [0.3, 0.4) is 0 Å². The summed E-state index contributed by atoms with van der Waals surface area (Å²) in [5.41, 5.74) is 5.09. The van der Waals surface area contributed by atoms with E-state index >= 15 is 0 Å². The molecule has 0 aliphatic carbocycles. The Bertz CT molecular complexity index is 1330. The van der Waals surface area contributed by atoms with Crippen molar-refractivity contribution in [2.24, 2.45) is 0 Å². The van der Waals surface area contributed by atoms with Crippen LogP contribution in [0, 0.1) is 19.7 Å². The van der Waals surface area contributed by atoms with Gasteiger partial charge in [-0.15, -0.1) is 0 Å². The molecule has 0 N–H and O–H groups in total. The second-order valence-corrected chi connectivity index (χ2v) is 8.48. The van der Waals surface area contributed by atoms with Crippen molar-refractivity contribution in [3.63, 3.8) is 0 Å². The van der Waals surface area contributed by atoms with Crippen LogP contribution in [0.2, 0.25) is 0 Å². The fourth-order valence-electron chi connectivity index (χ4n) is 3.86. The number of thiazole rings is 1. The first-order valence-electron chi connectivity index (χ1n) is 9.50. The average molecular weight is 393 g/mol. The predicted octanol–water partition coefficient (Wildman–Crippen LogP) is 3.81. The molecule has 3 heterocycles. The largest absolute Gasteiger partial charge is 0.371 e. The Kier molecular flexibility index (Phi) is 3.98. The summed E-state index contributed by atoms with van der Waals surface area (Å²) >= 11 is 1.30. The molecule has 6 heteroatoms. The Balaban J connectivity index is 1.63. The summed E-state index contributed by atoms with van der Waals surface area (Å²) in [5.74, 6) is -0.300. The third-order valence-electron chi connectivity index (χ3n) is 5.60. The molecule has 0 atom stereocenters. The van der Waals surface area contributed by atoms with Crippen LogP contribution in [0.1, 0.15) is 29.5 Å². The second kappa shape index (κ2) is 6.41. The zero-order chi connectivity index (χ0) is 19.4. The number of aryl methyl sites for hydroxylation is 2. The highest BCUT2D eigenvalue weighted by Crippen LogP contribution is 2.24. The number of hydrogen-bond donors (Lipinski definition) is 0. The molecule has 4 aromatic rings. The molecule has 142 valence electrons. The first-order valence-corrected chi connectivity index (χ1v) is 10.3. The fraction of sp³-hybridized carbons (Fsp3) is 0.273. The normalized spacial score (nSPS) is 15.4. The minimum absolute atomic E-state index is 0.145. The first kappa shape index (κ1) is 17.4. The Morgan fingerprint density at radius 1 is 1.11 bits per heavy atom. The van der Waals surface area contributed by atoms with Gasteiger partial charge in [0.1, 0.15) is 5.82 Å². The van der Waals surface area contributed by atoms with E-state index in [1.807, 2.05) is 32.0 Å². The summed E-state index contributed by atoms with van der Waals surface area (Å²) < 4.78 is 16.8. The van der Waals surface area contributed by atoms with Gasteiger partial charge in [-0.2, -0.15) is 0 Å². The monoisotopic (exact) mass is 393 g/mol. The Labute approximate surface area is 165 Å². The van der Waals surface area contributed by atoms with Crippen LogP contribution in [0.15, 0.2) is 35.1 Å². The van der Waals surface area contributed by atoms with Gasteiger partial charge in [-0.3, -0.25) is 4.79 Å². The maximum atomic E-state index is 14.7. The van der Waals surface area contributed by atoms with Crippen molar-refractivity contribution < 1.29 is 4.39 Å². The molecule has 0 spiro atoms. The molecule has 1 fully saturated rings. The second-order valence-electron chi connectivity index (χ2n) is 7.47. The van der Waals surface area contributed by atoms with Gasteiger partial charge in [0, 0.05) is 24.3 Å². The molecule has 0 saturated carbocycles. The summed E-state index contributed by atoms with van der Waals surface area (Å²) in [4.78, 5) is 20.4. The van der Waals surface area contributed by atoms with E-state index < -0.39 is 0 Å². The van der Waals surface area contributed by atoms with E-state index in [4.69, 9.17) is 0 Å². The van der Waals surface area contributed by atoms with Crippen molar-refractivity contribution in [3.8, 4) is 0 Å². The van der Waals surface area contributed by atoms with Gasteiger partial charge < -0.3 is 4.90 Å². The lowest BCUT2D eigenvalue weighted by Gasteiger charge is -2.17. The Morgan fingerprint density at radius 3 is 2.61 bits per heavy atom. The van der Waals surface area contributed by atoms with Gasteiger partial charge >= 0.3 is 0 Å². The van der Waals surface area contributed by atoms with Crippen LogP contribution in [0.25, 0.3) is 22.1 Å². The van der Waals surface area contributed by atoms with Crippen molar-refractivity contribution in [1.29, 1.82) is 0 Å². The molecule has 2 aromatic heterocycles. The number of halogens is 1. The molecular weight excluding hydrogens is 373 g/mol. The van der Waals surface area contributed by atoms with Crippen molar-refractivity contribution in [2.75, 3.05) is 18.0 Å². The summed E-state index contributed by atoms with van der Waals surface area (Å²) in [6.45, 7) is 6.01. The van der Waals surface area contributed by atoms with Gasteiger partial charge in [0.05, 0.1) is 15.6 Å². The molecule has 2 aromatic carbocycles. The van der Waals surface area contributed by atoms with Crippen molar-refractivity contribution >= 4 is 39.1 Å². The van der Waals surface area contributed by atoms with Crippen LogP contribution in [0.5, 0.6) is 0 Å². The van der Waals surface area contributed by atoms with Gasteiger partial charge in [-0.25, -0.2) is 13.8 Å². The van der Waals surface area contributed by atoms with Crippen molar-refractivity contribution in [2.45, 2.75) is 26.7 Å². The lowest BCUT2D eigenvalue weighted by molar-refractivity contribution is 0.624. The number of fused-ring (bicyclic) bond motifs is 3. The number of anilines is 1. The predicted molar refractivity (Wildman–Crippen MR) is 113 cm³/mol. The molecule has 4 nitrogen and oxygen atoms in total. The maximum absolute atomic E-state index is 14.7. The maximum Gasteiger partial charge on any atom is 0.274 e. The number of rotatable bonds is 2. The van der Waals surface area contributed by atoms with Gasteiger partial charge in [0.2, 0.25) is 0 Å².